The van der Waals surface area contributed by atoms with Crippen molar-refractivity contribution < 1.29 is 14.0 Å². The standard InChI is InChI=1S/C24H16Cl5FN2O2/c25-14-7-13(8-15(26)9-14)20-21(24(20,28)29)23(34)32-17-5-6-19(27)18(10-17)22(33)31-11-12-1-3-16(30)4-2-12/h1-10,20-21H,11H2,(H,31,33)(H,32,34)/t20-,21+/m1/s1. The average molecular weight is 561 g/mol. The number of carbonyl (C=O) groups is 2. The topological polar surface area (TPSA) is 58.2 Å². The Kier molecular flexibility index (Phi) is 7.32. The molecule has 0 aliphatic heterocycles. The molecule has 1 aliphatic rings. The largest absolute Gasteiger partial charge is 0.348 e. The number of alkyl halides is 2. The van der Waals surface area contributed by atoms with Crippen LogP contribution in [0.25, 0.3) is 0 Å². The van der Waals surface area contributed by atoms with Gasteiger partial charge in [-0.2, -0.15) is 0 Å². The second-order valence-electron chi connectivity index (χ2n) is 7.83. The molecule has 2 atom stereocenters. The molecule has 3 aromatic rings. The van der Waals surface area contributed by atoms with E-state index in [1.54, 1.807) is 36.4 Å². The first-order valence-electron chi connectivity index (χ1n) is 10.0. The highest BCUT2D eigenvalue weighted by atomic mass is 35.5. The van der Waals surface area contributed by atoms with E-state index in [4.69, 9.17) is 58.0 Å². The van der Waals surface area contributed by atoms with E-state index in [-0.39, 0.29) is 22.9 Å². The van der Waals surface area contributed by atoms with Crippen LogP contribution < -0.4 is 10.6 Å². The molecule has 0 spiro atoms. The number of hydrogen-bond donors (Lipinski definition) is 2. The van der Waals surface area contributed by atoms with Crippen LogP contribution in [0, 0.1) is 11.7 Å². The van der Waals surface area contributed by atoms with Crippen LogP contribution in [0.1, 0.15) is 27.4 Å². The molecule has 4 nitrogen and oxygen atoms in total. The van der Waals surface area contributed by atoms with Crippen molar-refractivity contribution in [2.24, 2.45) is 5.92 Å². The van der Waals surface area contributed by atoms with Crippen LogP contribution >= 0.6 is 58.0 Å². The van der Waals surface area contributed by atoms with E-state index in [2.05, 4.69) is 10.6 Å². The zero-order valence-electron chi connectivity index (χ0n) is 17.2. The molecule has 34 heavy (non-hydrogen) atoms. The minimum atomic E-state index is -1.33. The van der Waals surface area contributed by atoms with Gasteiger partial charge in [0.25, 0.3) is 5.91 Å². The molecular formula is C24H16Cl5FN2O2. The number of hydrogen-bond acceptors (Lipinski definition) is 2. The van der Waals surface area contributed by atoms with Gasteiger partial charge in [0.1, 0.15) is 10.2 Å². The number of benzene rings is 3. The molecular weight excluding hydrogens is 545 g/mol. The van der Waals surface area contributed by atoms with Crippen LogP contribution in [-0.4, -0.2) is 16.1 Å². The van der Waals surface area contributed by atoms with Gasteiger partial charge in [-0.15, -0.1) is 23.2 Å². The van der Waals surface area contributed by atoms with E-state index in [0.717, 1.165) is 5.56 Å². The van der Waals surface area contributed by atoms with E-state index in [0.29, 0.717) is 21.3 Å². The maximum Gasteiger partial charge on any atom is 0.253 e. The Bertz CT molecular complexity index is 1250. The number of amides is 2. The molecule has 0 radical (unpaired) electrons. The predicted octanol–water partition coefficient (Wildman–Crippen LogP) is 7.24. The maximum atomic E-state index is 13.0. The van der Waals surface area contributed by atoms with Crippen LogP contribution in [0.2, 0.25) is 15.1 Å². The quantitative estimate of drug-likeness (QED) is 0.312. The Morgan fingerprint density at radius 2 is 1.56 bits per heavy atom. The summed E-state index contributed by atoms with van der Waals surface area (Å²) >= 11 is 31.1. The van der Waals surface area contributed by atoms with Crippen LogP contribution in [0.5, 0.6) is 0 Å². The summed E-state index contributed by atoms with van der Waals surface area (Å²) in [5.41, 5.74) is 1.88. The van der Waals surface area contributed by atoms with E-state index < -0.39 is 28.0 Å². The summed E-state index contributed by atoms with van der Waals surface area (Å²) < 4.78 is 11.7. The van der Waals surface area contributed by atoms with Crippen LogP contribution in [0.3, 0.4) is 0 Å². The fourth-order valence-electron chi connectivity index (χ4n) is 3.70. The Morgan fingerprint density at radius 3 is 2.21 bits per heavy atom. The maximum absolute atomic E-state index is 13.0. The van der Waals surface area contributed by atoms with E-state index in [1.165, 1.54) is 24.3 Å². The zero-order chi connectivity index (χ0) is 24.6. The molecule has 3 aromatic carbocycles. The van der Waals surface area contributed by atoms with Crippen molar-refractivity contribution in [3.05, 3.63) is 98.2 Å². The van der Waals surface area contributed by atoms with Gasteiger partial charge in [-0.05, 0) is 59.7 Å². The Morgan fingerprint density at radius 1 is 0.912 bits per heavy atom. The number of halogens is 6. The van der Waals surface area contributed by atoms with E-state index in [1.807, 2.05) is 0 Å². The van der Waals surface area contributed by atoms with Gasteiger partial charge in [0, 0.05) is 28.2 Å². The van der Waals surface area contributed by atoms with Crippen molar-refractivity contribution in [2.75, 3.05) is 5.32 Å². The summed E-state index contributed by atoms with van der Waals surface area (Å²) in [4.78, 5) is 25.6. The smallest absolute Gasteiger partial charge is 0.253 e. The fraction of sp³-hybridized carbons (Fsp3) is 0.167. The molecule has 0 aromatic heterocycles. The van der Waals surface area contributed by atoms with Crippen molar-refractivity contribution in [3.63, 3.8) is 0 Å². The highest BCUT2D eigenvalue weighted by molar-refractivity contribution is 6.53. The first-order valence-corrected chi connectivity index (χ1v) is 11.9. The van der Waals surface area contributed by atoms with Gasteiger partial charge in [-0.3, -0.25) is 9.59 Å². The third-order valence-electron chi connectivity index (χ3n) is 5.42. The Hall–Kier alpha value is -2.02. The molecule has 1 fully saturated rings. The highest BCUT2D eigenvalue weighted by Crippen LogP contribution is 2.65. The van der Waals surface area contributed by atoms with Gasteiger partial charge in [0.05, 0.1) is 16.5 Å². The molecule has 0 bridgehead atoms. The van der Waals surface area contributed by atoms with Crippen LogP contribution in [0.15, 0.2) is 60.7 Å². The lowest BCUT2D eigenvalue weighted by Gasteiger charge is -2.10. The second kappa shape index (κ2) is 9.92. The predicted molar refractivity (Wildman–Crippen MR) is 135 cm³/mol. The van der Waals surface area contributed by atoms with Crippen molar-refractivity contribution in [2.45, 2.75) is 16.8 Å². The number of nitrogens with one attached hydrogen (secondary N) is 2. The van der Waals surface area contributed by atoms with Crippen LogP contribution in [-0.2, 0) is 11.3 Å². The lowest BCUT2D eigenvalue weighted by molar-refractivity contribution is -0.117. The average Bonchev–Trinajstić information content (AvgIpc) is 3.36. The van der Waals surface area contributed by atoms with Gasteiger partial charge in [0.2, 0.25) is 5.91 Å². The Labute approximate surface area is 220 Å². The number of rotatable bonds is 6. The molecule has 1 saturated carbocycles. The SMILES string of the molecule is O=C(NCc1ccc(F)cc1)c1cc(NC(=O)[C@@H]2[C@@H](c3cc(Cl)cc(Cl)c3)C2(Cl)Cl)ccc1Cl. The highest BCUT2D eigenvalue weighted by Gasteiger charge is 2.67. The minimum absolute atomic E-state index is 0.165. The molecule has 1 aliphatic carbocycles. The third-order valence-corrected chi connectivity index (χ3v) is 7.13. The molecule has 2 N–H and O–H groups in total. The summed E-state index contributed by atoms with van der Waals surface area (Å²) in [5.74, 6) is -2.50. The third kappa shape index (κ3) is 5.45. The van der Waals surface area contributed by atoms with Crippen molar-refractivity contribution >= 4 is 75.5 Å². The minimum Gasteiger partial charge on any atom is -0.348 e. The molecule has 4 rings (SSSR count). The lowest BCUT2D eigenvalue weighted by Crippen LogP contribution is -2.23. The first-order chi connectivity index (χ1) is 16.1. The molecule has 0 saturated heterocycles. The summed E-state index contributed by atoms with van der Waals surface area (Å²) in [6.07, 6.45) is 0. The molecule has 10 heteroatoms. The summed E-state index contributed by atoms with van der Waals surface area (Å²) in [5, 5.41) is 6.48. The lowest BCUT2D eigenvalue weighted by atomic mass is 10.1. The number of anilines is 1. The summed E-state index contributed by atoms with van der Waals surface area (Å²) in [6.45, 7) is 0.180. The number of carbonyl (C=O) groups excluding carboxylic acids is 2. The zero-order valence-corrected chi connectivity index (χ0v) is 21.0. The van der Waals surface area contributed by atoms with Gasteiger partial charge < -0.3 is 10.6 Å². The van der Waals surface area contributed by atoms with Gasteiger partial charge in [-0.1, -0.05) is 46.9 Å². The summed E-state index contributed by atoms with van der Waals surface area (Å²) in [6, 6.07) is 15.2. The molecule has 0 unspecified atom stereocenters. The second-order valence-corrected chi connectivity index (χ2v) is 10.6. The molecule has 176 valence electrons. The van der Waals surface area contributed by atoms with Crippen LogP contribution in [0.4, 0.5) is 10.1 Å². The fourth-order valence-corrected chi connectivity index (χ4v) is 5.27. The first kappa shape index (κ1) is 25.1. The Balaban J connectivity index is 1.45. The van der Waals surface area contributed by atoms with E-state index in [9.17, 15) is 14.0 Å². The van der Waals surface area contributed by atoms with Gasteiger partial charge in [-0.25, -0.2) is 4.39 Å². The normalized spacial score (nSPS) is 18.3. The monoisotopic (exact) mass is 558 g/mol. The van der Waals surface area contributed by atoms with E-state index >= 15 is 0 Å². The molecule has 2 amide bonds. The van der Waals surface area contributed by atoms with Crippen molar-refractivity contribution in [1.29, 1.82) is 0 Å². The van der Waals surface area contributed by atoms with Crippen molar-refractivity contribution in [1.82, 2.24) is 5.32 Å². The molecule has 0 heterocycles. The van der Waals surface area contributed by atoms with Gasteiger partial charge >= 0.3 is 0 Å². The van der Waals surface area contributed by atoms with Gasteiger partial charge in [0.15, 0.2) is 0 Å². The van der Waals surface area contributed by atoms with Crippen molar-refractivity contribution in [3.8, 4) is 0 Å². The summed E-state index contributed by atoms with van der Waals surface area (Å²) in [7, 11) is 0.